The van der Waals surface area contributed by atoms with Crippen molar-refractivity contribution in [3.05, 3.63) is 120 Å². The summed E-state index contributed by atoms with van der Waals surface area (Å²) in [6.07, 6.45) is 1.96. The normalized spacial score (nSPS) is 24.8. The Morgan fingerprint density at radius 2 is 1.13 bits per heavy atom. The number of aromatic amines is 3. The number of phenolic OH excluding ortho intramolecular Hbond substituents is 1. The molecule has 3 fully saturated rings. The monoisotopic (exact) mass is 1900 g/mol. The number of fused-ring (bicyclic) bond motifs is 4. The number of aromatic nitrogens is 4. The molecule has 0 unspecified atom stereocenters. The number of nitrogens with zero attached hydrogens (tertiary/aromatic N) is 6. The van der Waals surface area contributed by atoms with Gasteiger partial charge >= 0.3 is 5.97 Å². The lowest BCUT2D eigenvalue weighted by Crippen LogP contribution is -2.60. The third kappa shape index (κ3) is 29.3. The topological polar surface area (TPSA) is 651 Å². The number of primary amides is 2. The smallest absolute Gasteiger partial charge is 0.303 e. The van der Waals surface area contributed by atoms with Gasteiger partial charge in [-0.1, -0.05) is 88.1 Å². The van der Waals surface area contributed by atoms with Crippen LogP contribution in [0.25, 0.3) is 21.8 Å². The van der Waals surface area contributed by atoms with Gasteiger partial charge in [-0.05, 0) is 112 Å². The highest BCUT2D eigenvalue weighted by molar-refractivity contribution is 8.00. The summed E-state index contributed by atoms with van der Waals surface area (Å²) in [6.45, 7) is 2.54. The van der Waals surface area contributed by atoms with Crippen LogP contribution >= 0.6 is 11.8 Å². The molecule has 3 aromatic heterocycles. The first kappa shape index (κ1) is 105. The molecule has 22 N–H and O–H groups in total. The van der Waals surface area contributed by atoms with Crippen LogP contribution in [-0.4, -0.2) is 321 Å². The van der Waals surface area contributed by atoms with Crippen molar-refractivity contribution < 1.29 is 107 Å². The van der Waals surface area contributed by atoms with Crippen molar-refractivity contribution in [1.82, 2.24) is 92.3 Å². The van der Waals surface area contributed by atoms with Crippen LogP contribution in [0.1, 0.15) is 146 Å². The number of nitrogens with one attached hydrogen (secondary N) is 12. The largest absolute Gasteiger partial charge is 0.508 e. The number of rotatable bonds is 27. The number of aromatic hydroxyl groups is 1. The number of carbonyl (C=O) groups excluding carboxylic acids is 17. The van der Waals surface area contributed by atoms with Crippen LogP contribution in [0.3, 0.4) is 0 Å². The molecule has 0 aliphatic carbocycles. The first-order valence-corrected chi connectivity index (χ1v) is 46.4. The molecule has 3 aliphatic heterocycles. The molecular weight excluding hydrogens is 1770 g/mol. The average molecular weight is 1900 g/mol. The van der Waals surface area contributed by atoms with Gasteiger partial charge in [-0.25, -0.2) is 4.98 Å². The van der Waals surface area contributed by atoms with Crippen molar-refractivity contribution in [1.29, 1.82) is 0 Å². The van der Waals surface area contributed by atoms with E-state index in [4.69, 9.17) is 17.2 Å². The Labute approximate surface area is 783 Å². The lowest BCUT2D eigenvalue weighted by atomic mass is 9.90. The first-order chi connectivity index (χ1) is 64.4. The number of carbonyl (C=O) groups is 18. The van der Waals surface area contributed by atoms with E-state index >= 15 is 38.4 Å². The first-order valence-electron chi connectivity index (χ1n) is 45.3. The average Bonchev–Trinajstić information content (AvgIpc) is 1.80. The van der Waals surface area contributed by atoms with E-state index in [0.29, 0.717) is 70.6 Å². The number of Topliss-reactive ketones (excluding diaryl/α,β-unsaturated/α-hetero) is 1. The second kappa shape index (κ2) is 50.7. The number of aliphatic carboxylic acids is 1. The molecule has 3 aromatic carbocycles. The van der Waals surface area contributed by atoms with Gasteiger partial charge in [0.2, 0.25) is 94.5 Å². The summed E-state index contributed by atoms with van der Waals surface area (Å²) in [6, 6.07) is -1.13. The van der Waals surface area contributed by atoms with E-state index in [1.54, 1.807) is 60.9 Å². The van der Waals surface area contributed by atoms with E-state index in [1.165, 1.54) is 64.9 Å². The Morgan fingerprint density at radius 3 is 1.76 bits per heavy atom. The number of carboxylic acid groups (broad SMARTS) is 1. The fraction of sp³-hybridized carbons (Fsp3) is 0.527. The number of phenols is 1. The number of hydrogen-bond acceptors (Lipinski definition) is 24. The van der Waals surface area contributed by atoms with Crippen LogP contribution in [-0.2, 0) is 112 Å². The number of imidazole rings is 1. The van der Waals surface area contributed by atoms with Gasteiger partial charge < -0.3 is 125 Å². The summed E-state index contributed by atoms with van der Waals surface area (Å²) in [4.78, 5) is 281. The highest BCUT2D eigenvalue weighted by atomic mass is 32.2. The molecular formula is C91H125N21O22S. The quantitative estimate of drug-likeness (QED) is 0.0244. The van der Waals surface area contributed by atoms with Gasteiger partial charge in [-0.3, -0.25) is 86.3 Å². The second-order valence-corrected chi connectivity index (χ2v) is 35.4. The maximum absolute atomic E-state index is 15.7. The number of nitrogens with two attached hydrogens (primary N) is 3. The number of H-pyrrole nitrogens is 3. The van der Waals surface area contributed by atoms with Crippen LogP contribution < -0.4 is 65.1 Å². The predicted molar refractivity (Wildman–Crippen MR) is 492 cm³/mol. The minimum atomic E-state index is -1.89. The van der Waals surface area contributed by atoms with E-state index in [1.807, 2.05) is 13.8 Å². The summed E-state index contributed by atoms with van der Waals surface area (Å²) in [5.74, 6) is -20.3. The van der Waals surface area contributed by atoms with Crippen molar-refractivity contribution in [2.75, 3.05) is 65.4 Å². The highest BCUT2D eigenvalue weighted by Crippen LogP contribution is 2.30. The minimum Gasteiger partial charge on any atom is -0.508 e. The second-order valence-electron chi connectivity index (χ2n) is 34.4. The molecule has 0 spiro atoms. The Hall–Kier alpha value is -13.4. The van der Waals surface area contributed by atoms with E-state index < -0.39 is 267 Å². The summed E-state index contributed by atoms with van der Waals surface area (Å²) in [5.41, 5.74) is 19.9. The van der Waals surface area contributed by atoms with E-state index in [9.17, 15) is 68.4 Å². The van der Waals surface area contributed by atoms with Gasteiger partial charge in [0, 0.05) is 125 Å². The number of unbranched alkanes of at least 4 members (excludes halogenated alkanes) is 3. The van der Waals surface area contributed by atoms with Gasteiger partial charge in [0.1, 0.15) is 78.3 Å². The van der Waals surface area contributed by atoms with Gasteiger partial charge in [-0.15, -0.1) is 11.8 Å². The molecule has 16 amide bonds. The molecule has 732 valence electrons. The van der Waals surface area contributed by atoms with Crippen LogP contribution in [0, 0.1) is 5.92 Å². The van der Waals surface area contributed by atoms with E-state index in [-0.39, 0.29) is 82.3 Å². The maximum atomic E-state index is 15.7. The van der Waals surface area contributed by atoms with Gasteiger partial charge in [0.25, 0.3) is 0 Å². The molecule has 15 atom stereocenters. The number of aliphatic hydroxyl groups is 2. The summed E-state index contributed by atoms with van der Waals surface area (Å²) in [5, 5.41) is 67.7. The molecule has 3 saturated heterocycles. The van der Waals surface area contributed by atoms with Crippen molar-refractivity contribution in [2.45, 2.75) is 234 Å². The van der Waals surface area contributed by atoms with Gasteiger partial charge in [-0.2, -0.15) is 0 Å². The predicted octanol–water partition coefficient (Wildman–Crippen LogP) is -2.15. The number of carboxylic acids is 1. The van der Waals surface area contributed by atoms with Crippen LogP contribution in [0.4, 0.5) is 0 Å². The number of benzene rings is 3. The molecule has 135 heavy (non-hydrogen) atoms. The number of para-hydroxylation sites is 2. The number of likely N-dealkylation sites (N-methyl/N-ethyl adjacent to an activating group) is 3. The summed E-state index contributed by atoms with van der Waals surface area (Å²) < 4.78 is 0. The summed E-state index contributed by atoms with van der Waals surface area (Å²) in [7, 11) is 3.90. The number of amides is 16. The van der Waals surface area contributed by atoms with Crippen LogP contribution in [0.5, 0.6) is 5.75 Å². The molecule has 9 rings (SSSR count). The lowest BCUT2D eigenvalue weighted by molar-refractivity contribution is -0.149. The molecule has 6 aromatic rings. The third-order valence-corrected chi connectivity index (χ3v) is 25.5. The van der Waals surface area contributed by atoms with Crippen molar-refractivity contribution >= 4 is 140 Å². The molecule has 43 nitrogen and oxygen atoms in total. The number of ketones is 1. The molecule has 44 heteroatoms. The van der Waals surface area contributed by atoms with Gasteiger partial charge in [0.05, 0.1) is 49.5 Å². The van der Waals surface area contributed by atoms with E-state index in [2.05, 4.69) is 67.8 Å². The maximum Gasteiger partial charge on any atom is 0.303 e. The molecule has 3 aliphatic rings. The number of aliphatic hydroxyl groups excluding tert-OH is 2. The SMILES string of the molecule is CCCC[C@H]1C(=O)N(C)[C@@H](CCCC)C(=O)N[C@@H](CCCCN)C(=O)N[C@H](C(=O)NCC(N)=O)CSCC(=O)N[C@@H](Cc2ccc(O)cc2)C(=O)N(C)[C@@H](C)C(=O)N[C@@H](CC(N)=O)C(=O)N2CCC[C@H]2C(=O)N[C@@H](Cc2c[nH]cn2)C(=O)N[C@@H](CCC(=O)O)C(=O)N2C[C@H](O)C[C@H]2C(=O)C[C@@H](Cc2c[nH]c3ccccc23)C(=O)N[C@@H](CO)C(=O)N[C@@H](Cc2c[nH]c3ccccc23)C(=O)N1C. The highest BCUT2D eigenvalue weighted by Gasteiger charge is 2.47. The molecule has 0 bridgehead atoms. The lowest BCUT2D eigenvalue weighted by Gasteiger charge is -2.36. The third-order valence-electron chi connectivity index (χ3n) is 24.5. The van der Waals surface area contributed by atoms with Crippen molar-refractivity contribution in [2.24, 2.45) is 23.1 Å². The van der Waals surface area contributed by atoms with Crippen molar-refractivity contribution in [3.63, 3.8) is 0 Å². The van der Waals surface area contributed by atoms with Crippen LogP contribution in [0.2, 0.25) is 0 Å². The zero-order valence-electron chi connectivity index (χ0n) is 76.5. The zero-order valence-corrected chi connectivity index (χ0v) is 77.3. The number of thioether (sulfide) groups is 1. The molecule has 0 saturated carbocycles. The zero-order chi connectivity index (χ0) is 98.4. The molecule has 0 radical (unpaired) electrons. The van der Waals surface area contributed by atoms with E-state index in [0.717, 1.165) is 36.3 Å². The number of hydrogen-bond donors (Lipinski definition) is 19. The fourth-order valence-corrected chi connectivity index (χ4v) is 17.7. The van der Waals surface area contributed by atoms with Crippen molar-refractivity contribution in [3.8, 4) is 5.75 Å². The Kier molecular flexibility index (Phi) is 39.5. The minimum absolute atomic E-state index is 0.00359. The Bertz CT molecular complexity index is 5210. The fourth-order valence-electron chi connectivity index (χ4n) is 16.9. The summed E-state index contributed by atoms with van der Waals surface area (Å²) >= 11 is 0.774. The standard InChI is InChI=1S/C91H125N21O22S/c1-7-9-23-70-85(128)101-62(22-15-16-32-92)82(125)107-69(81(124)98-44-76(94)118)47-135-48-77(119)100-65(34-51-26-28-56(114)29-27-51)87(130)108(4)50(3)79(122)104-67(40-75(93)117)90(133)111-33-17-25-71(111)86(129)103-64(38-55-43-95-49-99-55)83(126)102-63(30-31-78(120)121)89(132)112-45-57(115)39-73(112)74(116)37-52(35-53-41-96-60-20-13-11-18-58(53)60)80(123)106-68(46-113)84(127)105-66(36-54-42-97-61-21-14-12-19-59(54)61)88(131)110(6)72(24-10-8-2)91(134)109(70)5/h11-14,18-21,26-29,41-43,49-50,52,57,62-73,96-97,113-115H,7-10,15-17,22-25,30-40,44-48,92H2,1-6H3,(H2,93,117)(H2,94,118)(H,95,99)(H,98,124)(H,100,119)(H,101,128)(H,102,126)(H,103,129)(H,104,122)(H,105,127)(H,106,123)(H,107,125)(H,120,121)/t50-,52+,57+,62-,63-,64-,65-,66-,67-,68-,69-,70-,71-,72-,73-/m0/s1. The molecule has 6 heterocycles. The van der Waals surface area contributed by atoms with Gasteiger partial charge in [0.15, 0.2) is 5.78 Å². The van der Waals surface area contributed by atoms with Crippen LogP contribution in [0.15, 0.2) is 97.7 Å². The Balaban J connectivity index is 1.10. The Morgan fingerprint density at radius 1 is 0.556 bits per heavy atom.